The number of aliphatic hydroxyl groups excluding tert-OH is 1. The van der Waals surface area contributed by atoms with Crippen molar-refractivity contribution in [3.8, 4) is 5.69 Å². The van der Waals surface area contributed by atoms with E-state index in [1.54, 1.807) is 18.2 Å². The molecule has 1 aliphatic rings. The zero-order valence-corrected chi connectivity index (χ0v) is 12.6. The molecule has 1 heterocycles. The summed E-state index contributed by atoms with van der Waals surface area (Å²) >= 11 is 6.20. The number of rotatable bonds is 6. The molecular formula is C14H16ClN5O2. The Kier molecular flexibility index (Phi) is 4.35. The van der Waals surface area contributed by atoms with Crippen LogP contribution in [-0.4, -0.2) is 43.9 Å². The van der Waals surface area contributed by atoms with Crippen LogP contribution in [0.3, 0.4) is 0 Å². The number of halogens is 1. The molecule has 3 rings (SSSR count). The van der Waals surface area contributed by atoms with Crippen LogP contribution in [0, 0.1) is 5.92 Å². The predicted octanol–water partition coefficient (Wildman–Crippen LogP) is 1.21. The summed E-state index contributed by atoms with van der Waals surface area (Å²) in [7, 11) is 0. The summed E-state index contributed by atoms with van der Waals surface area (Å²) in [6.07, 6.45) is 4.21. The van der Waals surface area contributed by atoms with Crippen LogP contribution in [0.1, 0.15) is 29.6 Å². The van der Waals surface area contributed by atoms with Gasteiger partial charge in [-0.3, -0.25) is 4.79 Å². The fraction of sp³-hybridized carbons (Fsp3) is 0.429. The average Bonchev–Trinajstić information content (AvgIpc) is 3.21. The Balaban J connectivity index is 1.75. The molecule has 0 radical (unpaired) electrons. The number of benzene rings is 1. The van der Waals surface area contributed by atoms with E-state index >= 15 is 0 Å². The first-order valence-electron chi connectivity index (χ1n) is 7.13. The number of hydrogen-bond acceptors (Lipinski definition) is 5. The van der Waals surface area contributed by atoms with E-state index in [-0.39, 0.29) is 18.6 Å². The predicted molar refractivity (Wildman–Crippen MR) is 79.8 cm³/mol. The number of carbonyl (C=O) groups excluding carboxylic acids is 1. The lowest BCUT2D eigenvalue weighted by molar-refractivity contribution is 0.0924. The molecule has 0 spiro atoms. The summed E-state index contributed by atoms with van der Waals surface area (Å²) in [5.74, 6) is 0.244. The maximum atomic E-state index is 12.4. The lowest BCUT2D eigenvalue weighted by Gasteiger charge is -2.17. The number of nitrogens with one attached hydrogen (secondary N) is 1. The molecule has 1 aromatic heterocycles. The molecule has 7 nitrogen and oxygen atoms in total. The standard InChI is InChI=1S/C14H16ClN5O2/c15-12-7-10(20-8-16-18-19-20)3-4-11(12)14(22)17-13(5-6-21)9-1-2-9/h3-4,7-9,13,21H,1-2,5-6H2,(H,17,22). The summed E-state index contributed by atoms with van der Waals surface area (Å²) in [6, 6.07) is 5.03. The topological polar surface area (TPSA) is 92.9 Å². The van der Waals surface area contributed by atoms with E-state index in [0.717, 1.165) is 12.8 Å². The SMILES string of the molecule is O=C(NC(CCO)C1CC1)c1ccc(-n2cnnn2)cc1Cl. The molecule has 1 saturated carbocycles. The molecule has 1 fully saturated rings. The van der Waals surface area contributed by atoms with Crippen LogP contribution in [-0.2, 0) is 0 Å². The highest BCUT2D eigenvalue weighted by Crippen LogP contribution is 2.34. The number of tetrazole rings is 1. The first kappa shape index (κ1) is 14.9. The smallest absolute Gasteiger partial charge is 0.253 e. The van der Waals surface area contributed by atoms with Gasteiger partial charge in [-0.15, -0.1) is 5.10 Å². The van der Waals surface area contributed by atoms with Gasteiger partial charge in [0.2, 0.25) is 0 Å². The molecule has 1 unspecified atom stereocenters. The monoisotopic (exact) mass is 321 g/mol. The minimum Gasteiger partial charge on any atom is -0.396 e. The molecule has 0 bridgehead atoms. The second-order valence-corrected chi connectivity index (χ2v) is 5.76. The third kappa shape index (κ3) is 3.26. The number of amides is 1. The van der Waals surface area contributed by atoms with Gasteiger partial charge in [0.1, 0.15) is 6.33 Å². The van der Waals surface area contributed by atoms with Crippen molar-refractivity contribution in [2.24, 2.45) is 5.92 Å². The summed E-state index contributed by atoms with van der Waals surface area (Å²) in [4.78, 5) is 12.4. The van der Waals surface area contributed by atoms with Gasteiger partial charge in [-0.05, 0) is 53.8 Å². The Hall–Kier alpha value is -1.99. The summed E-state index contributed by atoms with van der Waals surface area (Å²) in [5, 5.41) is 23.3. The van der Waals surface area contributed by atoms with E-state index < -0.39 is 0 Å². The van der Waals surface area contributed by atoms with Crippen LogP contribution in [0.2, 0.25) is 5.02 Å². The summed E-state index contributed by atoms with van der Waals surface area (Å²) in [5.41, 5.74) is 1.09. The van der Waals surface area contributed by atoms with Gasteiger partial charge in [0.25, 0.3) is 5.91 Å². The molecule has 1 aromatic carbocycles. The third-order valence-electron chi connectivity index (χ3n) is 3.76. The van der Waals surface area contributed by atoms with Crippen LogP contribution >= 0.6 is 11.6 Å². The highest BCUT2D eigenvalue weighted by molar-refractivity contribution is 6.34. The van der Waals surface area contributed by atoms with Gasteiger partial charge in [0.15, 0.2) is 0 Å². The maximum absolute atomic E-state index is 12.4. The Bertz CT molecular complexity index is 657. The maximum Gasteiger partial charge on any atom is 0.253 e. The lowest BCUT2D eigenvalue weighted by atomic mass is 10.1. The summed E-state index contributed by atoms with van der Waals surface area (Å²) in [6.45, 7) is 0.0629. The van der Waals surface area contributed by atoms with Crippen molar-refractivity contribution in [1.82, 2.24) is 25.5 Å². The molecule has 1 aliphatic carbocycles. The minimum atomic E-state index is -0.224. The second-order valence-electron chi connectivity index (χ2n) is 5.35. The largest absolute Gasteiger partial charge is 0.396 e. The van der Waals surface area contributed by atoms with Crippen molar-refractivity contribution >= 4 is 17.5 Å². The van der Waals surface area contributed by atoms with E-state index in [1.165, 1.54) is 11.0 Å². The first-order valence-corrected chi connectivity index (χ1v) is 7.51. The van der Waals surface area contributed by atoms with E-state index in [4.69, 9.17) is 16.7 Å². The van der Waals surface area contributed by atoms with E-state index in [9.17, 15) is 4.79 Å². The Morgan fingerprint density at radius 3 is 2.91 bits per heavy atom. The van der Waals surface area contributed by atoms with Crippen LogP contribution in [0.25, 0.3) is 5.69 Å². The fourth-order valence-corrected chi connectivity index (χ4v) is 2.68. The van der Waals surface area contributed by atoms with Crippen molar-refractivity contribution in [1.29, 1.82) is 0 Å². The van der Waals surface area contributed by atoms with Crippen molar-refractivity contribution < 1.29 is 9.90 Å². The molecule has 2 aromatic rings. The average molecular weight is 322 g/mol. The summed E-state index contributed by atoms with van der Waals surface area (Å²) < 4.78 is 1.46. The van der Waals surface area contributed by atoms with E-state index in [0.29, 0.717) is 28.6 Å². The molecule has 0 aliphatic heterocycles. The number of nitrogens with zero attached hydrogens (tertiary/aromatic N) is 4. The van der Waals surface area contributed by atoms with Crippen LogP contribution in [0.4, 0.5) is 0 Å². The molecule has 116 valence electrons. The Morgan fingerprint density at radius 1 is 1.50 bits per heavy atom. The van der Waals surface area contributed by atoms with Gasteiger partial charge in [0, 0.05) is 12.6 Å². The molecule has 0 saturated heterocycles. The lowest BCUT2D eigenvalue weighted by Crippen LogP contribution is -2.37. The molecule has 1 atom stereocenters. The number of hydrogen-bond donors (Lipinski definition) is 2. The quantitative estimate of drug-likeness (QED) is 0.834. The van der Waals surface area contributed by atoms with E-state index in [1.807, 2.05) is 0 Å². The van der Waals surface area contributed by atoms with Gasteiger partial charge in [0.05, 0.1) is 16.3 Å². The van der Waals surface area contributed by atoms with Gasteiger partial charge >= 0.3 is 0 Å². The normalized spacial score (nSPS) is 15.5. The van der Waals surface area contributed by atoms with Crippen molar-refractivity contribution in [3.63, 3.8) is 0 Å². The molecule has 1 amide bonds. The van der Waals surface area contributed by atoms with Gasteiger partial charge < -0.3 is 10.4 Å². The number of aliphatic hydroxyl groups is 1. The van der Waals surface area contributed by atoms with Crippen LogP contribution in [0.15, 0.2) is 24.5 Å². The first-order chi connectivity index (χ1) is 10.7. The number of aromatic nitrogens is 4. The Morgan fingerprint density at radius 2 is 2.32 bits per heavy atom. The minimum absolute atomic E-state index is 0.00718. The van der Waals surface area contributed by atoms with Crippen molar-refractivity contribution in [2.45, 2.75) is 25.3 Å². The van der Waals surface area contributed by atoms with E-state index in [2.05, 4.69) is 20.8 Å². The zero-order valence-electron chi connectivity index (χ0n) is 11.8. The van der Waals surface area contributed by atoms with Gasteiger partial charge in [-0.1, -0.05) is 11.6 Å². The van der Waals surface area contributed by atoms with Crippen LogP contribution < -0.4 is 5.32 Å². The molecular weight excluding hydrogens is 306 g/mol. The zero-order chi connectivity index (χ0) is 15.5. The third-order valence-corrected chi connectivity index (χ3v) is 4.07. The van der Waals surface area contributed by atoms with Crippen molar-refractivity contribution in [3.05, 3.63) is 35.1 Å². The molecule has 22 heavy (non-hydrogen) atoms. The van der Waals surface area contributed by atoms with Gasteiger partial charge in [-0.2, -0.15) is 0 Å². The molecule has 8 heteroatoms. The highest BCUT2D eigenvalue weighted by atomic mass is 35.5. The molecule has 2 N–H and O–H groups in total. The second kappa shape index (κ2) is 6.41. The number of carbonyl (C=O) groups is 1. The fourth-order valence-electron chi connectivity index (χ4n) is 2.42. The van der Waals surface area contributed by atoms with Crippen LogP contribution in [0.5, 0.6) is 0 Å². The Labute approximate surface area is 132 Å². The van der Waals surface area contributed by atoms with Gasteiger partial charge in [-0.25, -0.2) is 4.68 Å². The highest BCUT2D eigenvalue weighted by Gasteiger charge is 2.32. The van der Waals surface area contributed by atoms with Crippen molar-refractivity contribution in [2.75, 3.05) is 6.61 Å².